The van der Waals surface area contributed by atoms with Crippen molar-refractivity contribution in [3.05, 3.63) is 67.8 Å². The fraction of sp³-hybridized carbons (Fsp3) is 0.571. The minimum absolute atomic E-state index is 0.0781. The number of amides is 2. The number of rotatable bonds is 10. The molecule has 284 valence electrons. The molecule has 0 saturated carbocycles. The highest BCUT2D eigenvalue weighted by Gasteiger charge is 2.28. The Kier molecular flexibility index (Phi) is 13.0. The molecule has 0 unspecified atom stereocenters. The van der Waals surface area contributed by atoms with Gasteiger partial charge in [0.2, 0.25) is 0 Å². The molecule has 2 aromatic rings. The molecule has 0 aromatic heterocycles. The molecule has 0 radical (unpaired) electrons. The fourth-order valence-corrected chi connectivity index (χ4v) is 5.67. The second kappa shape index (κ2) is 17.0. The quantitative estimate of drug-likeness (QED) is 0.133. The van der Waals surface area contributed by atoms with Crippen LogP contribution in [0.3, 0.4) is 0 Å². The molecule has 0 N–H and O–H groups in total. The summed E-state index contributed by atoms with van der Waals surface area (Å²) in [6.07, 6.45) is -1.26. The lowest BCUT2D eigenvalue weighted by Gasteiger charge is -2.35. The topological polar surface area (TPSA) is 187 Å². The van der Waals surface area contributed by atoms with Gasteiger partial charge in [0.15, 0.2) is 0 Å². The van der Waals surface area contributed by atoms with Gasteiger partial charge in [0.05, 0.1) is 9.85 Å². The molecule has 0 aliphatic carbocycles. The Morgan fingerprint density at radius 3 is 1.27 bits per heavy atom. The third-order valence-electron chi connectivity index (χ3n) is 8.34. The molecule has 52 heavy (non-hydrogen) atoms. The standard InChI is InChI=1S/C35H48N6O11/c1-34(2,3)51-31(42)38-19-15-36(16-20-38)13-11-25-23-27(40(45)46)7-9-29(25)49-33(44)50-30-10-8-28(41(47)48)24-26(30)12-14-37-17-21-39(22-18-37)32(43)52-35(4,5)6/h7-10,23-24H,11-22H2,1-6H3. The van der Waals surface area contributed by atoms with E-state index < -0.39 is 27.2 Å². The Morgan fingerprint density at radius 1 is 0.615 bits per heavy atom. The van der Waals surface area contributed by atoms with Crippen molar-refractivity contribution in [3.63, 3.8) is 0 Å². The van der Waals surface area contributed by atoms with Crippen LogP contribution in [0.25, 0.3) is 0 Å². The van der Waals surface area contributed by atoms with Crippen molar-refractivity contribution in [1.29, 1.82) is 0 Å². The minimum Gasteiger partial charge on any atom is -0.444 e. The highest BCUT2D eigenvalue weighted by atomic mass is 16.7. The molecule has 17 heteroatoms. The molecule has 2 aliphatic heterocycles. The molecule has 2 fully saturated rings. The van der Waals surface area contributed by atoms with Gasteiger partial charge in [0.25, 0.3) is 11.4 Å². The zero-order chi connectivity index (χ0) is 38.2. The Hall–Kier alpha value is -5.03. The number of piperazine rings is 2. The van der Waals surface area contributed by atoms with Crippen LogP contribution in [-0.2, 0) is 22.3 Å². The number of carbonyl (C=O) groups is 3. The first kappa shape index (κ1) is 39.8. The smallest absolute Gasteiger partial charge is 0.444 e. The molecule has 2 aromatic carbocycles. The summed E-state index contributed by atoms with van der Waals surface area (Å²) in [4.78, 5) is 67.5. The second-order valence-corrected chi connectivity index (χ2v) is 14.7. The van der Waals surface area contributed by atoms with E-state index >= 15 is 0 Å². The number of nitrogens with zero attached hydrogens (tertiary/aromatic N) is 6. The van der Waals surface area contributed by atoms with Crippen molar-refractivity contribution in [2.24, 2.45) is 0 Å². The van der Waals surface area contributed by atoms with Gasteiger partial charge in [-0.2, -0.15) is 0 Å². The molecule has 17 nitrogen and oxygen atoms in total. The van der Waals surface area contributed by atoms with Gasteiger partial charge in [-0.15, -0.1) is 0 Å². The molecule has 0 atom stereocenters. The number of carbonyl (C=O) groups excluding carboxylic acids is 3. The average Bonchev–Trinajstić information content (AvgIpc) is 3.06. The largest absolute Gasteiger partial charge is 0.519 e. The molecule has 2 saturated heterocycles. The first-order valence-electron chi connectivity index (χ1n) is 17.2. The Bertz CT molecular complexity index is 1500. The molecule has 2 aliphatic rings. The van der Waals surface area contributed by atoms with Crippen molar-refractivity contribution >= 4 is 29.7 Å². The maximum atomic E-state index is 13.1. The average molecular weight is 729 g/mol. The molecular formula is C35H48N6O11. The Morgan fingerprint density at radius 2 is 0.962 bits per heavy atom. The molecule has 2 amide bonds. The van der Waals surface area contributed by atoms with Crippen LogP contribution in [0.5, 0.6) is 11.5 Å². The number of hydrogen-bond donors (Lipinski definition) is 0. The lowest BCUT2D eigenvalue weighted by molar-refractivity contribution is -0.385. The highest BCUT2D eigenvalue weighted by molar-refractivity contribution is 5.70. The van der Waals surface area contributed by atoms with Crippen LogP contribution >= 0.6 is 0 Å². The predicted octanol–water partition coefficient (Wildman–Crippen LogP) is 5.27. The van der Waals surface area contributed by atoms with Gasteiger partial charge in [-0.1, -0.05) is 0 Å². The van der Waals surface area contributed by atoms with Crippen LogP contribution in [-0.4, -0.2) is 124 Å². The van der Waals surface area contributed by atoms with Gasteiger partial charge in [-0.3, -0.25) is 30.0 Å². The lowest BCUT2D eigenvalue weighted by atomic mass is 10.1. The second-order valence-electron chi connectivity index (χ2n) is 14.7. The summed E-state index contributed by atoms with van der Waals surface area (Å²) in [5, 5.41) is 23.1. The first-order valence-corrected chi connectivity index (χ1v) is 17.2. The SMILES string of the molecule is CC(C)(C)OC(=O)N1CCN(CCc2cc([N+](=O)[O-])ccc2OC(=O)Oc2ccc([N+](=O)[O-])cc2CCN2CCN(C(=O)OC(C)(C)C)CC2)CC1. The number of nitro benzene ring substituents is 2. The summed E-state index contributed by atoms with van der Waals surface area (Å²) in [7, 11) is 0. The van der Waals surface area contributed by atoms with E-state index in [1.807, 2.05) is 0 Å². The van der Waals surface area contributed by atoms with Crippen molar-refractivity contribution in [1.82, 2.24) is 19.6 Å². The normalized spacial score (nSPS) is 15.9. The van der Waals surface area contributed by atoms with Crippen molar-refractivity contribution in [2.75, 3.05) is 65.4 Å². The molecular weight excluding hydrogens is 680 g/mol. The molecule has 2 heterocycles. The van der Waals surface area contributed by atoms with E-state index in [9.17, 15) is 34.6 Å². The number of non-ortho nitro benzene ring substituents is 2. The van der Waals surface area contributed by atoms with Gasteiger partial charge in [0.1, 0.15) is 22.7 Å². The van der Waals surface area contributed by atoms with Crippen LogP contribution in [0.15, 0.2) is 36.4 Å². The van der Waals surface area contributed by atoms with Gasteiger partial charge in [-0.05, 0) is 66.5 Å². The number of ether oxygens (including phenoxy) is 4. The summed E-state index contributed by atoms with van der Waals surface area (Å²) >= 11 is 0. The Balaban J connectivity index is 1.38. The highest BCUT2D eigenvalue weighted by Crippen LogP contribution is 2.29. The monoisotopic (exact) mass is 728 g/mol. The molecule has 0 spiro atoms. The number of hydrogen-bond acceptors (Lipinski definition) is 13. The molecule has 0 bridgehead atoms. The number of benzene rings is 2. The van der Waals surface area contributed by atoms with E-state index in [1.54, 1.807) is 51.3 Å². The van der Waals surface area contributed by atoms with Crippen LogP contribution in [0.4, 0.5) is 25.8 Å². The van der Waals surface area contributed by atoms with Gasteiger partial charge < -0.3 is 28.7 Å². The zero-order valence-electron chi connectivity index (χ0n) is 30.6. The maximum absolute atomic E-state index is 13.1. The third kappa shape index (κ3) is 12.0. The van der Waals surface area contributed by atoms with Crippen LogP contribution < -0.4 is 9.47 Å². The van der Waals surface area contributed by atoms with E-state index in [-0.39, 0.29) is 35.1 Å². The summed E-state index contributed by atoms with van der Waals surface area (Å²) in [6, 6.07) is 7.82. The summed E-state index contributed by atoms with van der Waals surface area (Å²) in [5.74, 6) is 0.156. The van der Waals surface area contributed by atoms with E-state index in [1.165, 1.54) is 36.4 Å². The van der Waals surface area contributed by atoms with Gasteiger partial charge in [0, 0.05) is 101 Å². The Labute approximate surface area is 302 Å². The van der Waals surface area contributed by atoms with Crippen LogP contribution in [0, 0.1) is 20.2 Å². The predicted molar refractivity (Wildman–Crippen MR) is 189 cm³/mol. The summed E-state index contributed by atoms with van der Waals surface area (Å²) < 4.78 is 22.0. The minimum atomic E-state index is -1.11. The number of nitro groups is 2. The van der Waals surface area contributed by atoms with Crippen molar-refractivity contribution in [2.45, 2.75) is 65.6 Å². The maximum Gasteiger partial charge on any atom is 0.519 e. The summed E-state index contributed by atoms with van der Waals surface area (Å²) in [6.45, 7) is 15.9. The summed E-state index contributed by atoms with van der Waals surface area (Å²) in [5.41, 5.74) is -0.721. The fourth-order valence-electron chi connectivity index (χ4n) is 5.67. The first-order chi connectivity index (χ1) is 24.4. The van der Waals surface area contributed by atoms with E-state index in [0.717, 1.165) is 0 Å². The third-order valence-corrected chi connectivity index (χ3v) is 8.34. The van der Waals surface area contributed by atoms with E-state index in [2.05, 4.69) is 9.80 Å². The molecule has 4 rings (SSSR count). The van der Waals surface area contributed by atoms with Crippen molar-refractivity contribution < 1.29 is 43.2 Å². The lowest BCUT2D eigenvalue weighted by Crippen LogP contribution is -2.50. The van der Waals surface area contributed by atoms with Crippen LogP contribution in [0.2, 0.25) is 0 Å². The van der Waals surface area contributed by atoms with Gasteiger partial charge >= 0.3 is 18.3 Å². The van der Waals surface area contributed by atoms with Crippen LogP contribution in [0.1, 0.15) is 52.7 Å². The van der Waals surface area contributed by atoms with E-state index in [0.29, 0.717) is 89.4 Å². The van der Waals surface area contributed by atoms with Gasteiger partial charge in [-0.25, -0.2) is 14.4 Å². The van der Waals surface area contributed by atoms with E-state index in [4.69, 9.17) is 18.9 Å². The van der Waals surface area contributed by atoms with Crippen molar-refractivity contribution in [3.8, 4) is 11.5 Å². The zero-order valence-corrected chi connectivity index (χ0v) is 30.6.